The Morgan fingerprint density at radius 2 is 2.00 bits per heavy atom. The van der Waals surface area contributed by atoms with E-state index in [1.165, 1.54) is 0 Å². The molecule has 0 fully saturated rings. The topological polar surface area (TPSA) is 34.0 Å². The normalized spacial score (nSPS) is 12.7. The number of hydrogen-bond donors (Lipinski definition) is 1. The van der Waals surface area contributed by atoms with Gasteiger partial charge in [0.25, 0.3) is 5.56 Å². The van der Waals surface area contributed by atoms with Gasteiger partial charge in [0.15, 0.2) is 0 Å². The van der Waals surface area contributed by atoms with Gasteiger partial charge in [0.05, 0.1) is 5.52 Å². The Kier molecular flexibility index (Phi) is 4.74. The van der Waals surface area contributed by atoms with Crippen LogP contribution in [0.1, 0.15) is 26.7 Å². The minimum Gasteiger partial charge on any atom is -0.314 e. The van der Waals surface area contributed by atoms with Crippen molar-refractivity contribution in [1.82, 2.24) is 9.88 Å². The lowest BCUT2D eigenvalue weighted by Gasteiger charge is -2.15. The van der Waals surface area contributed by atoms with Gasteiger partial charge in [0.2, 0.25) is 0 Å². The van der Waals surface area contributed by atoms with Crippen molar-refractivity contribution in [2.24, 2.45) is 0 Å². The molecule has 2 aromatic rings. The monoisotopic (exact) mass is 258 g/mol. The molecule has 0 amide bonds. The third-order valence-electron chi connectivity index (χ3n) is 3.43. The van der Waals surface area contributed by atoms with Gasteiger partial charge in [0, 0.05) is 18.7 Å². The summed E-state index contributed by atoms with van der Waals surface area (Å²) in [6.07, 6.45) is 2.10. The Hall–Kier alpha value is -1.61. The summed E-state index contributed by atoms with van der Waals surface area (Å²) in [6.45, 7) is 6.13. The van der Waals surface area contributed by atoms with Crippen LogP contribution in [0.2, 0.25) is 0 Å². The van der Waals surface area contributed by atoms with Gasteiger partial charge in [-0.05, 0) is 43.8 Å². The molecule has 1 atom stereocenters. The largest absolute Gasteiger partial charge is 0.314 e. The molecule has 1 N–H and O–H groups in total. The minimum absolute atomic E-state index is 0.0846. The van der Waals surface area contributed by atoms with Crippen molar-refractivity contribution in [3.63, 3.8) is 0 Å². The van der Waals surface area contributed by atoms with Gasteiger partial charge >= 0.3 is 0 Å². The van der Waals surface area contributed by atoms with Gasteiger partial charge in [-0.3, -0.25) is 4.79 Å². The van der Waals surface area contributed by atoms with E-state index in [0.29, 0.717) is 6.04 Å². The molecule has 1 heterocycles. The van der Waals surface area contributed by atoms with Crippen molar-refractivity contribution in [3.05, 3.63) is 46.8 Å². The molecule has 0 saturated heterocycles. The maximum absolute atomic E-state index is 12.0. The fourth-order valence-electron chi connectivity index (χ4n) is 2.29. The number of aromatic nitrogens is 1. The Morgan fingerprint density at radius 3 is 2.79 bits per heavy atom. The summed E-state index contributed by atoms with van der Waals surface area (Å²) in [7, 11) is 0. The van der Waals surface area contributed by atoms with E-state index in [0.717, 1.165) is 36.8 Å². The first kappa shape index (κ1) is 13.8. The van der Waals surface area contributed by atoms with E-state index in [2.05, 4.69) is 19.2 Å². The molecule has 0 aliphatic rings. The zero-order valence-electron chi connectivity index (χ0n) is 11.7. The van der Waals surface area contributed by atoms with Crippen LogP contribution >= 0.6 is 0 Å². The summed E-state index contributed by atoms with van der Waals surface area (Å²) in [5, 5.41) is 4.58. The van der Waals surface area contributed by atoms with Crippen LogP contribution < -0.4 is 10.9 Å². The number of nitrogens with zero attached hydrogens (tertiary/aromatic N) is 1. The second-order valence-electron chi connectivity index (χ2n) is 5.03. The maximum atomic E-state index is 12.0. The molecule has 0 saturated carbocycles. The predicted molar refractivity (Wildman–Crippen MR) is 80.6 cm³/mol. The maximum Gasteiger partial charge on any atom is 0.251 e. The molecule has 0 aliphatic heterocycles. The smallest absolute Gasteiger partial charge is 0.251 e. The fraction of sp³-hybridized carbons (Fsp3) is 0.438. The third-order valence-corrected chi connectivity index (χ3v) is 3.43. The van der Waals surface area contributed by atoms with Gasteiger partial charge in [-0.2, -0.15) is 0 Å². The first-order chi connectivity index (χ1) is 9.22. The highest BCUT2D eigenvalue weighted by molar-refractivity contribution is 5.78. The molecular formula is C16H22N2O. The highest BCUT2D eigenvalue weighted by Crippen LogP contribution is 2.11. The van der Waals surface area contributed by atoms with Crippen molar-refractivity contribution in [2.45, 2.75) is 39.3 Å². The molecule has 1 aromatic carbocycles. The lowest BCUT2D eigenvalue weighted by molar-refractivity contribution is 0.477. The third kappa shape index (κ3) is 3.44. The summed E-state index contributed by atoms with van der Waals surface area (Å²) in [5.74, 6) is 0. The van der Waals surface area contributed by atoms with Crippen molar-refractivity contribution in [2.75, 3.05) is 6.54 Å². The summed E-state index contributed by atoms with van der Waals surface area (Å²) >= 11 is 0. The highest BCUT2D eigenvalue weighted by Gasteiger charge is 2.05. The van der Waals surface area contributed by atoms with Gasteiger partial charge in [0.1, 0.15) is 0 Å². The Morgan fingerprint density at radius 1 is 1.21 bits per heavy atom. The molecule has 102 valence electrons. The molecule has 3 nitrogen and oxygen atoms in total. The molecule has 19 heavy (non-hydrogen) atoms. The number of para-hydroxylation sites is 1. The van der Waals surface area contributed by atoms with Crippen LogP contribution in [-0.2, 0) is 6.54 Å². The Labute approximate surface area is 114 Å². The number of aryl methyl sites for hydroxylation is 1. The van der Waals surface area contributed by atoms with Crippen molar-refractivity contribution in [3.8, 4) is 0 Å². The van der Waals surface area contributed by atoms with Gasteiger partial charge in [-0.1, -0.05) is 25.1 Å². The van der Waals surface area contributed by atoms with Crippen LogP contribution in [0.4, 0.5) is 0 Å². The van der Waals surface area contributed by atoms with Crippen LogP contribution in [-0.4, -0.2) is 17.2 Å². The first-order valence-electron chi connectivity index (χ1n) is 7.04. The van der Waals surface area contributed by atoms with E-state index < -0.39 is 0 Å². The van der Waals surface area contributed by atoms with Crippen LogP contribution in [0.25, 0.3) is 10.9 Å². The van der Waals surface area contributed by atoms with Gasteiger partial charge < -0.3 is 9.88 Å². The van der Waals surface area contributed by atoms with E-state index in [4.69, 9.17) is 0 Å². The van der Waals surface area contributed by atoms with Crippen LogP contribution in [0, 0.1) is 0 Å². The van der Waals surface area contributed by atoms with Crippen LogP contribution in [0.15, 0.2) is 41.2 Å². The molecule has 1 aromatic heterocycles. The summed E-state index contributed by atoms with van der Waals surface area (Å²) < 4.78 is 1.87. The van der Waals surface area contributed by atoms with Crippen LogP contribution in [0.5, 0.6) is 0 Å². The zero-order valence-corrected chi connectivity index (χ0v) is 11.7. The van der Waals surface area contributed by atoms with Crippen LogP contribution in [0.3, 0.4) is 0 Å². The first-order valence-corrected chi connectivity index (χ1v) is 7.04. The number of rotatable bonds is 6. The van der Waals surface area contributed by atoms with Gasteiger partial charge in [-0.15, -0.1) is 0 Å². The van der Waals surface area contributed by atoms with E-state index in [1.54, 1.807) is 6.07 Å². The average Bonchev–Trinajstić information content (AvgIpc) is 2.44. The summed E-state index contributed by atoms with van der Waals surface area (Å²) in [4.78, 5) is 12.0. The minimum atomic E-state index is 0.0846. The molecule has 0 spiro atoms. The molecular weight excluding hydrogens is 236 g/mol. The van der Waals surface area contributed by atoms with E-state index in [1.807, 2.05) is 34.9 Å². The standard InChI is InChI=1S/C16H22N2O/c1-3-11-17-13(2)10-12-18-15-7-5-4-6-14(15)8-9-16(18)19/h4-9,13,17H,3,10-12H2,1-2H3. The van der Waals surface area contributed by atoms with E-state index in [-0.39, 0.29) is 5.56 Å². The SMILES string of the molecule is CCCNC(C)CCn1c(=O)ccc2ccccc21. The zero-order chi connectivity index (χ0) is 13.7. The number of benzene rings is 1. The molecule has 0 radical (unpaired) electrons. The molecule has 2 rings (SSSR count). The lowest BCUT2D eigenvalue weighted by Crippen LogP contribution is -2.29. The molecule has 0 aliphatic carbocycles. The van der Waals surface area contributed by atoms with Crippen molar-refractivity contribution >= 4 is 10.9 Å². The number of pyridine rings is 1. The predicted octanol–water partition coefficient (Wildman–Crippen LogP) is 2.78. The lowest BCUT2D eigenvalue weighted by atomic mass is 10.2. The Bertz CT molecular complexity index is 589. The second kappa shape index (κ2) is 6.53. The highest BCUT2D eigenvalue weighted by atomic mass is 16.1. The fourth-order valence-corrected chi connectivity index (χ4v) is 2.29. The van der Waals surface area contributed by atoms with Crippen molar-refractivity contribution < 1.29 is 0 Å². The van der Waals surface area contributed by atoms with Gasteiger partial charge in [-0.25, -0.2) is 0 Å². The molecule has 1 unspecified atom stereocenters. The van der Waals surface area contributed by atoms with Crippen molar-refractivity contribution in [1.29, 1.82) is 0 Å². The second-order valence-corrected chi connectivity index (χ2v) is 5.03. The summed E-state index contributed by atoms with van der Waals surface area (Å²) in [5.41, 5.74) is 1.11. The quantitative estimate of drug-likeness (QED) is 0.864. The number of nitrogens with one attached hydrogen (secondary N) is 1. The Balaban J connectivity index is 2.16. The van der Waals surface area contributed by atoms with E-state index in [9.17, 15) is 4.79 Å². The number of fused-ring (bicyclic) bond motifs is 1. The molecule has 3 heteroatoms. The number of hydrogen-bond acceptors (Lipinski definition) is 2. The molecule has 0 bridgehead atoms. The van der Waals surface area contributed by atoms with E-state index >= 15 is 0 Å². The summed E-state index contributed by atoms with van der Waals surface area (Å²) in [6, 6.07) is 12.0. The average molecular weight is 258 g/mol.